The highest BCUT2D eigenvalue weighted by Gasteiger charge is 2.20. The minimum absolute atomic E-state index is 0.0833. The number of carbonyl (C=O) groups excluding carboxylic acids is 1. The number of carbonyl (C=O) groups is 1. The average Bonchev–Trinajstić information content (AvgIpc) is 3.20. The van der Waals surface area contributed by atoms with Crippen molar-refractivity contribution >= 4 is 5.91 Å². The third-order valence-corrected chi connectivity index (χ3v) is 5.44. The maximum Gasteiger partial charge on any atom is 0.251 e. The van der Waals surface area contributed by atoms with Crippen molar-refractivity contribution in [1.29, 1.82) is 0 Å². The lowest BCUT2D eigenvalue weighted by atomic mass is 9.99. The molecule has 1 aliphatic rings. The number of aliphatic hydroxyl groups is 1. The second kappa shape index (κ2) is 9.88. The van der Waals surface area contributed by atoms with Crippen molar-refractivity contribution in [3.63, 3.8) is 0 Å². The van der Waals surface area contributed by atoms with Crippen molar-refractivity contribution in [3.8, 4) is 5.75 Å². The van der Waals surface area contributed by atoms with Crippen LogP contribution in [0.3, 0.4) is 0 Å². The van der Waals surface area contributed by atoms with Gasteiger partial charge in [0.1, 0.15) is 12.4 Å². The molecule has 3 heterocycles. The molecule has 1 amide bonds. The molecule has 1 atom stereocenters. The second-order valence-corrected chi connectivity index (χ2v) is 7.80. The Morgan fingerprint density at radius 3 is 2.97 bits per heavy atom. The number of ether oxygens (including phenoxy) is 1. The largest absolute Gasteiger partial charge is 0.486 e. The number of amides is 1. The number of hydrogen-bond donors (Lipinski definition) is 2. The molecule has 8 nitrogen and oxygen atoms in total. The Labute approximate surface area is 185 Å². The summed E-state index contributed by atoms with van der Waals surface area (Å²) < 4.78 is 24.3. The maximum absolute atomic E-state index is 13.1. The van der Waals surface area contributed by atoms with Crippen LogP contribution in [0.2, 0.25) is 0 Å². The highest BCUT2D eigenvalue weighted by molar-refractivity contribution is 5.94. The van der Waals surface area contributed by atoms with Gasteiger partial charge in [0.25, 0.3) is 5.91 Å². The van der Waals surface area contributed by atoms with Gasteiger partial charge in [-0.1, -0.05) is 6.07 Å². The highest BCUT2D eigenvalue weighted by Crippen LogP contribution is 2.25. The topological polar surface area (TPSA) is 101 Å². The van der Waals surface area contributed by atoms with Crippen LogP contribution in [0, 0.1) is 12.9 Å². The van der Waals surface area contributed by atoms with Crippen LogP contribution >= 0.6 is 0 Å². The van der Waals surface area contributed by atoms with E-state index in [1.807, 2.05) is 25.1 Å². The standard InChI is InChI=1S/C23H25FN4O4/c1-15-21(32-14-27-15)13-31-20-3-2-18-11-28(7-5-16(18)8-20)12-19(29)10-26-23(30)17-4-6-25-22(24)9-17/h2-4,6,8-9,14,19,29H,5,7,10-13H2,1H3,(H,26,30). The van der Waals surface area contributed by atoms with Crippen molar-refractivity contribution in [2.24, 2.45) is 0 Å². The molecule has 4 rings (SSSR count). The van der Waals surface area contributed by atoms with Crippen LogP contribution in [-0.2, 0) is 19.6 Å². The Balaban J connectivity index is 1.25. The number of nitrogens with zero attached hydrogens (tertiary/aromatic N) is 3. The monoisotopic (exact) mass is 440 g/mol. The van der Waals surface area contributed by atoms with Crippen LogP contribution in [0.4, 0.5) is 4.39 Å². The zero-order chi connectivity index (χ0) is 22.5. The number of aryl methyl sites for hydroxylation is 1. The first-order chi connectivity index (χ1) is 15.5. The van der Waals surface area contributed by atoms with Gasteiger partial charge in [-0.15, -0.1) is 0 Å². The van der Waals surface area contributed by atoms with Crippen molar-refractivity contribution in [2.45, 2.75) is 32.6 Å². The van der Waals surface area contributed by atoms with E-state index in [1.54, 1.807) is 0 Å². The van der Waals surface area contributed by atoms with Gasteiger partial charge in [0, 0.05) is 44.0 Å². The Morgan fingerprint density at radius 1 is 1.31 bits per heavy atom. The number of aromatic nitrogens is 2. The fourth-order valence-corrected chi connectivity index (χ4v) is 3.67. The zero-order valence-electron chi connectivity index (χ0n) is 17.8. The van der Waals surface area contributed by atoms with Crippen LogP contribution in [0.1, 0.15) is 32.9 Å². The molecule has 2 aromatic heterocycles. The number of fused-ring (bicyclic) bond motifs is 1. The van der Waals surface area contributed by atoms with Crippen molar-refractivity contribution in [3.05, 3.63) is 77.0 Å². The predicted molar refractivity (Wildman–Crippen MR) is 114 cm³/mol. The summed E-state index contributed by atoms with van der Waals surface area (Å²) in [7, 11) is 0. The molecule has 0 saturated carbocycles. The van der Waals surface area contributed by atoms with Crippen molar-refractivity contribution in [2.75, 3.05) is 19.6 Å². The van der Waals surface area contributed by atoms with Gasteiger partial charge in [0.05, 0.1) is 11.8 Å². The fourth-order valence-electron chi connectivity index (χ4n) is 3.67. The molecular weight excluding hydrogens is 415 g/mol. The van der Waals surface area contributed by atoms with Gasteiger partial charge in [-0.2, -0.15) is 4.39 Å². The Morgan fingerprint density at radius 2 is 2.19 bits per heavy atom. The molecule has 0 spiro atoms. The molecule has 1 aromatic carbocycles. The molecule has 0 saturated heterocycles. The molecule has 0 aliphatic carbocycles. The molecule has 1 aliphatic heterocycles. The molecule has 9 heteroatoms. The summed E-state index contributed by atoms with van der Waals surface area (Å²) in [6.07, 6.45) is 2.75. The molecule has 3 aromatic rings. The van der Waals surface area contributed by atoms with E-state index in [0.29, 0.717) is 25.5 Å². The number of pyridine rings is 1. The first kappa shape index (κ1) is 21.9. The van der Waals surface area contributed by atoms with Crippen molar-refractivity contribution < 1.29 is 23.4 Å². The van der Waals surface area contributed by atoms with Crippen LogP contribution in [-0.4, -0.2) is 51.6 Å². The number of hydrogen-bond acceptors (Lipinski definition) is 7. The first-order valence-corrected chi connectivity index (χ1v) is 10.4. The fraction of sp³-hybridized carbons (Fsp3) is 0.348. The number of oxazole rings is 1. The summed E-state index contributed by atoms with van der Waals surface area (Å²) >= 11 is 0. The molecular formula is C23H25FN4O4. The first-order valence-electron chi connectivity index (χ1n) is 10.4. The van der Waals surface area contributed by atoms with E-state index in [4.69, 9.17) is 9.15 Å². The van der Waals surface area contributed by atoms with E-state index in [2.05, 4.69) is 20.2 Å². The summed E-state index contributed by atoms with van der Waals surface area (Å²) in [6, 6.07) is 8.50. The van der Waals surface area contributed by atoms with Gasteiger partial charge in [-0.25, -0.2) is 9.97 Å². The van der Waals surface area contributed by atoms with E-state index in [-0.39, 0.29) is 12.1 Å². The normalized spacial score (nSPS) is 14.6. The number of nitrogens with one attached hydrogen (secondary N) is 1. The van der Waals surface area contributed by atoms with Crippen molar-refractivity contribution in [1.82, 2.24) is 20.2 Å². The number of β-amino-alcohol motifs (C(OH)–C–C–N with tert-alkyl or cyclic N) is 1. The summed E-state index contributed by atoms with van der Waals surface area (Å²) in [5.74, 6) is 0.335. The van der Waals surface area contributed by atoms with Crippen LogP contribution < -0.4 is 10.1 Å². The van der Waals surface area contributed by atoms with E-state index in [0.717, 1.165) is 30.5 Å². The van der Waals surface area contributed by atoms with Crippen LogP contribution in [0.25, 0.3) is 0 Å². The van der Waals surface area contributed by atoms with Crippen LogP contribution in [0.5, 0.6) is 5.75 Å². The van der Waals surface area contributed by atoms with Gasteiger partial charge >= 0.3 is 0 Å². The molecule has 2 N–H and O–H groups in total. The Hall–Kier alpha value is -3.30. The molecule has 0 fully saturated rings. The maximum atomic E-state index is 13.1. The molecule has 32 heavy (non-hydrogen) atoms. The quantitative estimate of drug-likeness (QED) is 0.518. The number of rotatable bonds is 8. The third-order valence-electron chi connectivity index (χ3n) is 5.44. The predicted octanol–water partition coefficient (Wildman–Crippen LogP) is 2.25. The molecule has 1 unspecified atom stereocenters. The summed E-state index contributed by atoms with van der Waals surface area (Å²) in [6.45, 7) is 4.21. The van der Waals surface area contributed by atoms with Crippen LogP contribution in [0.15, 0.2) is 47.3 Å². The Kier molecular flexibility index (Phi) is 6.77. The van der Waals surface area contributed by atoms with E-state index in [1.165, 1.54) is 29.8 Å². The van der Waals surface area contributed by atoms with Gasteiger partial charge in [0.15, 0.2) is 12.2 Å². The minimum atomic E-state index is -0.736. The SMILES string of the molecule is Cc1ncoc1COc1ccc2c(c1)CCN(CC(O)CNC(=O)c1ccnc(F)c1)C2. The molecule has 0 radical (unpaired) electrons. The average molecular weight is 440 g/mol. The van der Waals surface area contributed by atoms with E-state index in [9.17, 15) is 14.3 Å². The van der Waals surface area contributed by atoms with Gasteiger partial charge in [0.2, 0.25) is 5.95 Å². The second-order valence-electron chi connectivity index (χ2n) is 7.80. The lowest BCUT2D eigenvalue weighted by Gasteiger charge is -2.30. The van der Waals surface area contributed by atoms with E-state index >= 15 is 0 Å². The van der Waals surface area contributed by atoms with Gasteiger partial charge in [-0.3, -0.25) is 9.69 Å². The van der Waals surface area contributed by atoms with E-state index < -0.39 is 18.0 Å². The highest BCUT2D eigenvalue weighted by atomic mass is 19.1. The lowest BCUT2D eigenvalue weighted by molar-refractivity contribution is 0.0841. The summed E-state index contributed by atoms with van der Waals surface area (Å²) in [5.41, 5.74) is 3.40. The summed E-state index contributed by atoms with van der Waals surface area (Å²) in [5, 5.41) is 13.0. The zero-order valence-corrected chi connectivity index (χ0v) is 17.8. The Bertz CT molecular complexity index is 1090. The van der Waals surface area contributed by atoms with Gasteiger partial charge in [-0.05, 0) is 42.7 Å². The summed E-state index contributed by atoms with van der Waals surface area (Å²) in [4.78, 5) is 21.7. The number of benzene rings is 1. The number of halogens is 1. The van der Waals surface area contributed by atoms with Gasteiger partial charge < -0.3 is 19.6 Å². The smallest absolute Gasteiger partial charge is 0.251 e. The third kappa shape index (κ3) is 5.49. The molecule has 168 valence electrons. The number of aliphatic hydroxyl groups excluding tert-OH is 1. The lowest BCUT2D eigenvalue weighted by Crippen LogP contribution is -2.42. The molecule has 0 bridgehead atoms. The minimum Gasteiger partial charge on any atom is -0.486 e.